The second-order valence-electron chi connectivity index (χ2n) is 10.7. The maximum Gasteiger partial charge on any atom is 0.255 e. The number of hydrogen-bond acceptors (Lipinski definition) is 11. The Balaban J connectivity index is 1.78. The molecule has 0 saturated heterocycles. The molecule has 0 saturated carbocycles. The second-order valence-corrected chi connectivity index (χ2v) is 10.7. The summed E-state index contributed by atoms with van der Waals surface area (Å²) in [6.07, 6.45) is 0.975. The molecule has 17 heteroatoms. The highest BCUT2D eigenvalue weighted by molar-refractivity contribution is 6.08. The molecule has 1 aliphatic rings. The number of carbonyl (C=O) groups excluding carboxylic acids is 6. The van der Waals surface area contributed by atoms with Crippen molar-refractivity contribution in [2.24, 2.45) is 5.73 Å². The molecule has 0 fully saturated rings. The first-order chi connectivity index (χ1) is 23.1. The lowest BCUT2D eigenvalue weighted by Crippen LogP contribution is -2.37. The van der Waals surface area contributed by atoms with Crippen LogP contribution in [0.1, 0.15) is 75.0 Å². The summed E-state index contributed by atoms with van der Waals surface area (Å²) in [4.78, 5) is 77.0. The molecule has 4 bridgehead atoms. The van der Waals surface area contributed by atoms with Crippen molar-refractivity contribution >= 4 is 35.4 Å². The predicted molar refractivity (Wildman–Crippen MR) is 175 cm³/mol. The summed E-state index contributed by atoms with van der Waals surface area (Å²) in [5.41, 5.74) is 4.51. The summed E-state index contributed by atoms with van der Waals surface area (Å²) in [6, 6.07) is 4.81. The lowest BCUT2D eigenvalue weighted by atomic mass is 10.0. The van der Waals surface area contributed by atoms with E-state index in [1.54, 1.807) is 0 Å². The Morgan fingerprint density at radius 1 is 0.646 bits per heavy atom. The van der Waals surface area contributed by atoms with Gasteiger partial charge in [0.1, 0.15) is 11.5 Å². The zero-order chi connectivity index (χ0) is 35.1. The van der Waals surface area contributed by atoms with E-state index in [1.807, 2.05) is 0 Å². The maximum absolute atomic E-state index is 13.0. The normalized spacial score (nSPS) is 15.8. The van der Waals surface area contributed by atoms with Gasteiger partial charge in [-0.25, -0.2) is 0 Å². The minimum absolute atomic E-state index is 0.00704. The van der Waals surface area contributed by atoms with Crippen molar-refractivity contribution in [3.05, 3.63) is 57.6 Å². The van der Waals surface area contributed by atoms with Crippen LogP contribution in [0.15, 0.2) is 24.3 Å². The number of hydrogen-bond donors (Lipinski definition) is 11. The van der Waals surface area contributed by atoms with E-state index >= 15 is 0 Å². The fraction of sp³-hybridized carbons (Fsp3) is 0.419. The van der Waals surface area contributed by atoms with Gasteiger partial charge in [0.05, 0.1) is 22.3 Å². The third kappa shape index (κ3) is 10.4. The van der Waals surface area contributed by atoms with Gasteiger partial charge in [-0.1, -0.05) is 0 Å². The fourth-order valence-electron chi connectivity index (χ4n) is 4.61. The molecule has 0 aliphatic carbocycles. The summed E-state index contributed by atoms with van der Waals surface area (Å²) < 4.78 is 0. The Kier molecular flexibility index (Phi) is 14.6. The van der Waals surface area contributed by atoms with Crippen LogP contribution >= 0.6 is 0 Å². The Hall–Kier alpha value is -5.26. The fourth-order valence-corrected chi connectivity index (χ4v) is 4.61. The highest BCUT2D eigenvalue weighted by Gasteiger charge is 2.24. The van der Waals surface area contributed by atoms with Gasteiger partial charge in [-0.3, -0.25) is 28.8 Å². The average Bonchev–Trinajstić information content (AvgIpc) is 3.07. The molecule has 0 spiro atoms. The summed E-state index contributed by atoms with van der Waals surface area (Å²) in [5, 5.41) is 43.4. The third-order valence-electron chi connectivity index (χ3n) is 7.19. The molecule has 260 valence electrons. The number of nitrogens with two attached hydrogens (primary N) is 1. The van der Waals surface area contributed by atoms with Crippen molar-refractivity contribution in [1.82, 2.24) is 42.5 Å². The molecule has 0 radical (unpaired) electrons. The van der Waals surface area contributed by atoms with E-state index < -0.39 is 46.9 Å². The number of fused-ring (bicyclic) bond motifs is 4. The van der Waals surface area contributed by atoms with Gasteiger partial charge in [0, 0.05) is 70.5 Å². The quantitative estimate of drug-likeness (QED) is 0.151. The first kappa shape index (κ1) is 37.2. The van der Waals surface area contributed by atoms with Gasteiger partial charge in [0.25, 0.3) is 35.4 Å². The van der Waals surface area contributed by atoms with Gasteiger partial charge in [-0.2, -0.15) is 0 Å². The molecule has 3 rings (SSSR count). The Labute approximate surface area is 277 Å². The Bertz CT molecular complexity index is 1520. The number of amides is 6. The topological polar surface area (TPSA) is 265 Å². The summed E-state index contributed by atoms with van der Waals surface area (Å²) in [6.45, 7) is 2.36. The summed E-state index contributed by atoms with van der Waals surface area (Å²) >= 11 is 0. The van der Waals surface area contributed by atoms with E-state index in [0.717, 1.165) is 0 Å². The number of rotatable bonds is 5. The van der Waals surface area contributed by atoms with E-state index in [4.69, 9.17) is 5.73 Å². The van der Waals surface area contributed by atoms with Crippen LogP contribution in [0.5, 0.6) is 11.5 Å². The zero-order valence-electron chi connectivity index (χ0n) is 26.7. The van der Waals surface area contributed by atoms with Gasteiger partial charge >= 0.3 is 0 Å². The SMILES string of the molecule is CNC(=O)c1cc2c(O)c(c1)C(=O)NCCNCCNC(=O)c1cc(C(=O)NCCCN)cc(c1O)C(=O)NCCCNCCNC2=O. The molecule has 12 N–H and O–H groups in total. The van der Waals surface area contributed by atoms with Gasteiger partial charge in [0.15, 0.2) is 0 Å². The molecule has 0 aromatic heterocycles. The lowest BCUT2D eigenvalue weighted by molar-refractivity contribution is 0.0927. The Morgan fingerprint density at radius 2 is 1.04 bits per heavy atom. The number of benzene rings is 2. The molecule has 2 aromatic carbocycles. The van der Waals surface area contributed by atoms with Crippen LogP contribution in [0.3, 0.4) is 0 Å². The molecule has 1 heterocycles. The number of phenolic OH excluding ortho intramolecular Hbond substituents is 2. The second kappa shape index (κ2) is 18.8. The van der Waals surface area contributed by atoms with E-state index in [2.05, 4.69) is 42.5 Å². The van der Waals surface area contributed by atoms with Gasteiger partial charge in [-0.05, 0) is 50.2 Å². The molecule has 0 unspecified atom stereocenters. The van der Waals surface area contributed by atoms with Gasteiger partial charge < -0.3 is 58.5 Å². The van der Waals surface area contributed by atoms with E-state index in [9.17, 15) is 39.0 Å². The first-order valence-corrected chi connectivity index (χ1v) is 15.6. The lowest BCUT2D eigenvalue weighted by Gasteiger charge is -2.14. The molecule has 48 heavy (non-hydrogen) atoms. The number of phenols is 2. The average molecular weight is 670 g/mol. The molecule has 17 nitrogen and oxygen atoms in total. The first-order valence-electron chi connectivity index (χ1n) is 15.6. The Morgan fingerprint density at radius 3 is 1.46 bits per heavy atom. The zero-order valence-corrected chi connectivity index (χ0v) is 26.7. The number of carbonyl (C=O) groups is 6. The highest BCUT2D eigenvalue weighted by Crippen LogP contribution is 2.26. The van der Waals surface area contributed by atoms with Crippen LogP contribution in [-0.2, 0) is 0 Å². The van der Waals surface area contributed by atoms with E-state index in [1.165, 1.54) is 31.3 Å². The van der Waals surface area contributed by atoms with Crippen molar-refractivity contribution < 1.29 is 39.0 Å². The molecule has 6 amide bonds. The molecular weight excluding hydrogens is 626 g/mol. The largest absolute Gasteiger partial charge is 0.506 e. The van der Waals surface area contributed by atoms with Crippen LogP contribution in [0.2, 0.25) is 0 Å². The van der Waals surface area contributed by atoms with Crippen LogP contribution in [0.25, 0.3) is 0 Å². The minimum Gasteiger partial charge on any atom is -0.506 e. The van der Waals surface area contributed by atoms with Crippen LogP contribution in [0, 0.1) is 0 Å². The maximum atomic E-state index is 13.0. The monoisotopic (exact) mass is 669 g/mol. The van der Waals surface area contributed by atoms with Gasteiger partial charge in [0.2, 0.25) is 0 Å². The summed E-state index contributed by atoms with van der Waals surface area (Å²) in [7, 11) is 1.39. The smallest absolute Gasteiger partial charge is 0.255 e. The van der Waals surface area contributed by atoms with Crippen molar-refractivity contribution in [3.8, 4) is 11.5 Å². The molecular formula is C31H43N9O8. The van der Waals surface area contributed by atoms with Crippen LogP contribution in [0.4, 0.5) is 0 Å². The minimum atomic E-state index is -0.714. The molecule has 1 aliphatic heterocycles. The predicted octanol–water partition coefficient (Wildman–Crippen LogP) is -2.26. The molecule has 2 aromatic rings. The van der Waals surface area contributed by atoms with Crippen LogP contribution < -0.4 is 48.3 Å². The van der Waals surface area contributed by atoms with E-state index in [-0.39, 0.29) is 79.2 Å². The van der Waals surface area contributed by atoms with Crippen molar-refractivity contribution in [3.63, 3.8) is 0 Å². The highest BCUT2D eigenvalue weighted by atomic mass is 16.3. The molecule has 0 atom stereocenters. The van der Waals surface area contributed by atoms with E-state index in [0.29, 0.717) is 32.5 Å². The third-order valence-corrected chi connectivity index (χ3v) is 7.19. The number of aromatic hydroxyl groups is 2. The van der Waals surface area contributed by atoms with Crippen molar-refractivity contribution in [2.75, 3.05) is 72.5 Å². The van der Waals surface area contributed by atoms with Crippen LogP contribution in [-0.4, -0.2) is 118 Å². The standard InChI is InChI=1S/C31H43N9O8/c1-33-26(43)18-14-20-24(41)21(15-18)30(47)39-12-9-35-10-13-40-31(48)23-17-19(27(44)36-6-2-4-32)16-22(25(23)42)28(45)37-7-3-5-34-8-11-38-29(20)46/h14-17,34-35,41-42H,2-13,32H2,1H3,(H,33,43)(H,36,44)(H,37,45)(H,38,46)(H,39,47)(H,40,48). The summed E-state index contributed by atoms with van der Waals surface area (Å²) in [5.74, 6) is -5.05. The van der Waals surface area contributed by atoms with Crippen molar-refractivity contribution in [2.45, 2.75) is 12.8 Å². The number of nitrogens with one attached hydrogen (secondary N) is 8. The van der Waals surface area contributed by atoms with Gasteiger partial charge in [-0.15, -0.1) is 0 Å². The van der Waals surface area contributed by atoms with Crippen molar-refractivity contribution in [1.29, 1.82) is 0 Å².